The molecule has 0 saturated heterocycles. The first kappa shape index (κ1) is 20.0. The van der Waals surface area contributed by atoms with E-state index in [0.717, 1.165) is 17.5 Å². The standard InChI is InChI=1S/C23H24N2O2S/c1-4-16(3)28-18-10-12-20(15(2)14-18)24-22(26)19-11-13-21(25-23(19)27)17-8-6-5-7-9-17/h5-14,16H,4H2,1-3H3,(H,24,26)(H,25,27). The molecular weight excluding hydrogens is 368 g/mol. The Hall–Kier alpha value is -2.79. The van der Waals surface area contributed by atoms with Crippen LogP contribution in [0, 0.1) is 6.92 Å². The average Bonchev–Trinajstić information content (AvgIpc) is 2.70. The highest BCUT2D eigenvalue weighted by atomic mass is 32.2. The monoisotopic (exact) mass is 392 g/mol. The summed E-state index contributed by atoms with van der Waals surface area (Å²) < 4.78 is 0. The predicted molar refractivity (Wildman–Crippen MR) is 117 cm³/mol. The van der Waals surface area contributed by atoms with Gasteiger partial charge in [0.1, 0.15) is 5.56 Å². The highest BCUT2D eigenvalue weighted by Gasteiger charge is 2.13. The molecule has 0 bridgehead atoms. The summed E-state index contributed by atoms with van der Waals surface area (Å²) in [6.07, 6.45) is 1.10. The molecule has 28 heavy (non-hydrogen) atoms. The molecule has 1 amide bonds. The number of anilines is 1. The van der Waals surface area contributed by atoms with Gasteiger partial charge in [0.05, 0.1) is 0 Å². The highest BCUT2D eigenvalue weighted by molar-refractivity contribution is 7.99. The van der Waals surface area contributed by atoms with Gasteiger partial charge < -0.3 is 10.3 Å². The molecule has 0 saturated carbocycles. The molecule has 1 atom stereocenters. The fourth-order valence-electron chi connectivity index (χ4n) is 2.79. The Morgan fingerprint density at radius 3 is 2.50 bits per heavy atom. The van der Waals surface area contributed by atoms with E-state index in [4.69, 9.17) is 0 Å². The third-order valence-electron chi connectivity index (χ3n) is 4.60. The van der Waals surface area contributed by atoms with Crippen LogP contribution < -0.4 is 10.9 Å². The van der Waals surface area contributed by atoms with Crippen LogP contribution in [0.25, 0.3) is 11.3 Å². The number of aromatic amines is 1. The number of amides is 1. The number of hydrogen-bond acceptors (Lipinski definition) is 3. The summed E-state index contributed by atoms with van der Waals surface area (Å²) in [6.45, 7) is 6.32. The molecule has 2 aromatic carbocycles. The molecule has 3 rings (SSSR count). The van der Waals surface area contributed by atoms with Crippen LogP contribution in [0.3, 0.4) is 0 Å². The van der Waals surface area contributed by atoms with Crippen molar-refractivity contribution in [2.45, 2.75) is 37.3 Å². The lowest BCUT2D eigenvalue weighted by molar-refractivity contribution is 0.102. The Morgan fingerprint density at radius 2 is 1.86 bits per heavy atom. The van der Waals surface area contributed by atoms with Crippen molar-refractivity contribution < 1.29 is 4.79 Å². The molecule has 0 spiro atoms. The smallest absolute Gasteiger partial charge is 0.261 e. The van der Waals surface area contributed by atoms with Crippen LogP contribution in [-0.2, 0) is 0 Å². The molecule has 1 aromatic heterocycles. The van der Waals surface area contributed by atoms with Crippen LogP contribution in [0.15, 0.2) is 70.4 Å². The highest BCUT2D eigenvalue weighted by Crippen LogP contribution is 2.28. The van der Waals surface area contributed by atoms with Crippen molar-refractivity contribution in [3.05, 3.63) is 82.1 Å². The number of benzene rings is 2. The van der Waals surface area contributed by atoms with Gasteiger partial charge in [-0.05, 0) is 54.8 Å². The molecule has 0 aliphatic heterocycles. The van der Waals surface area contributed by atoms with Gasteiger partial charge in [-0.15, -0.1) is 11.8 Å². The van der Waals surface area contributed by atoms with E-state index in [9.17, 15) is 9.59 Å². The molecule has 5 heteroatoms. The van der Waals surface area contributed by atoms with E-state index in [0.29, 0.717) is 16.6 Å². The molecule has 144 valence electrons. The van der Waals surface area contributed by atoms with Gasteiger partial charge in [-0.3, -0.25) is 9.59 Å². The Bertz CT molecular complexity index is 1030. The number of carbonyl (C=O) groups is 1. The number of carbonyl (C=O) groups excluding carboxylic acids is 1. The van der Waals surface area contributed by atoms with Crippen LogP contribution in [-0.4, -0.2) is 16.1 Å². The van der Waals surface area contributed by atoms with Gasteiger partial charge in [0.2, 0.25) is 0 Å². The number of H-pyrrole nitrogens is 1. The summed E-state index contributed by atoms with van der Waals surface area (Å²) in [6, 6.07) is 18.8. The van der Waals surface area contributed by atoms with E-state index in [1.807, 2.05) is 61.2 Å². The molecule has 3 aromatic rings. The maximum Gasteiger partial charge on any atom is 0.261 e. The van der Waals surface area contributed by atoms with Crippen molar-refractivity contribution in [1.29, 1.82) is 0 Å². The first-order valence-corrected chi connectivity index (χ1v) is 10.2. The van der Waals surface area contributed by atoms with Crippen molar-refractivity contribution in [3.8, 4) is 11.3 Å². The predicted octanol–water partition coefficient (Wildman–Crippen LogP) is 5.49. The van der Waals surface area contributed by atoms with Gasteiger partial charge >= 0.3 is 0 Å². The lowest BCUT2D eigenvalue weighted by atomic mass is 10.1. The third kappa shape index (κ3) is 4.73. The number of hydrogen-bond donors (Lipinski definition) is 2. The number of pyridine rings is 1. The Morgan fingerprint density at radius 1 is 1.11 bits per heavy atom. The molecule has 1 unspecified atom stereocenters. The lowest BCUT2D eigenvalue weighted by Gasteiger charge is -2.12. The fourth-order valence-corrected chi connectivity index (χ4v) is 3.82. The fraction of sp³-hybridized carbons (Fsp3) is 0.217. The topological polar surface area (TPSA) is 62.0 Å². The van der Waals surface area contributed by atoms with Gasteiger partial charge in [-0.2, -0.15) is 0 Å². The van der Waals surface area contributed by atoms with Crippen molar-refractivity contribution in [1.82, 2.24) is 4.98 Å². The van der Waals surface area contributed by atoms with Crippen LogP contribution in [0.2, 0.25) is 0 Å². The number of aromatic nitrogens is 1. The Labute approximate surface area is 169 Å². The quantitative estimate of drug-likeness (QED) is 0.545. The minimum absolute atomic E-state index is 0.0946. The van der Waals surface area contributed by atoms with E-state index in [-0.39, 0.29) is 5.56 Å². The third-order valence-corrected chi connectivity index (χ3v) is 5.86. The van der Waals surface area contributed by atoms with E-state index in [1.54, 1.807) is 12.1 Å². The maximum atomic E-state index is 12.6. The second-order valence-corrected chi connectivity index (χ2v) is 8.26. The van der Waals surface area contributed by atoms with Gasteiger partial charge in [0.15, 0.2) is 0 Å². The molecule has 0 fully saturated rings. The summed E-state index contributed by atoms with van der Waals surface area (Å²) >= 11 is 1.82. The van der Waals surface area contributed by atoms with Gasteiger partial charge in [-0.25, -0.2) is 0 Å². The number of thioether (sulfide) groups is 1. The van der Waals surface area contributed by atoms with Crippen molar-refractivity contribution in [3.63, 3.8) is 0 Å². The molecule has 4 nitrogen and oxygen atoms in total. The minimum Gasteiger partial charge on any atom is -0.322 e. The van der Waals surface area contributed by atoms with Gasteiger partial charge in [-0.1, -0.05) is 44.2 Å². The molecular formula is C23H24N2O2S. The molecule has 2 N–H and O–H groups in total. The van der Waals surface area contributed by atoms with Crippen molar-refractivity contribution in [2.24, 2.45) is 0 Å². The van der Waals surface area contributed by atoms with Crippen molar-refractivity contribution >= 4 is 23.4 Å². The molecule has 0 aliphatic carbocycles. The minimum atomic E-state index is -0.411. The Kier molecular flexibility index (Phi) is 6.37. The van der Waals surface area contributed by atoms with Crippen LogP contribution >= 0.6 is 11.8 Å². The second kappa shape index (κ2) is 8.93. The van der Waals surface area contributed by atoms with Crippen LogP contribution in [0.1, 0.15) is 36.2 Å². The maximum absolute atomic E-state index is 12.6. The van der Waals surface area contributed by atoms with E-state index in [2.05, 4.69) is 30.2 Å². The summed E-state index contributed by atoms with van der Waals surface area (Å²) in [5.41, 5.74) is 2.96. The van der Waals surface area contributed by atoms with E-state index in [1.165, 1.54) is 4.90 Å². The Balaban J connectivity index is 1.77. The number of rotatable bonds is 6. The lowest BCUT2D eigenvalue weighted by Crippen LogP contribution is -2.23. The normalized spacial score (nSPS) is 11.8. The zero-order valence-corrected chi connectivity index (χ0v) is 17.1. The summed E-state index contributed by atoms with van der Waals surface area (Å²) in [7, 11) is 0. The largest absolute Gasteiger partial charge is 0.322 e. The average molecular weight is 393 g/mol. The van der Waals surface area contributed by atoms with E-state index < -0.39 is 11.5 Å². The first-order valence-electron chi connectivity index (χ1n) is 9.35. The first-order chi connectivity index (χ1) is 13.5. The molecule has 0 radical (unpaired) electrons. The summed E-state index contributed by atoms with van der Waals surface area (Å²) in [4.78, 5) is 29.0. The number of aryl methyl sites for hydroxylation is 1. The SMILES string of the molecule is CCC(C)Sc1ccc(NC(=O)c2ccc(-c3ccccc3)[nH]c2=O)c(C)c1. The summed E-state index contributed by atoms with van der Waals surface area (Å²) in [5.74, 6) is -0.411. The van der Waals surface area contributed by atoms with Gasteiger partial charge in [0.25, 0.3) is 11.5 Å². The zero-order valence-electron chi connectivity index (χ0n) is 16.3. The zero-order chi connectivity index (χ0) is 20.1. The molecule has 1 heterocycles. The van der Waals surface area contributed by atoms with E-state index >= 15 is 0 Å². The molecule has 0 aliphatic rings. The van der Waals surface area contributed by atoms with Crippen LogP contribution in [0.5, 0.6) is 0 Å². The van der Waals surface area contributed by atoms with Crippen molar-refractivity contribution in [2.75, 3.05) is 5.32 Å². The summed E-state index contributed by atoms with van der Waals surface area (Å²) in [5, 5.41) is 3.40. The van der Waals surface area contributed by atoms with Crippen LogP contribution in [0.4, 0.5) is 5.69 Å². The second-order valence-electron chi connectivity index (χ2n) is 6.75. The van der Waals surface area contributed by atoms with Gasteiger partial charge in [0, 0.05) is 21.5 Å². The number of nitrogens with one attached hydrogen (secondary N) is 2.